The second-order valence-electron chi connectivity index (χ2n) is 6.10. The maximum Gasteiger partial charge on any atom is 0.410 e. The van der Waals surface area contributed by atoms with Crippen molar-refractivity contribution in [3.63, 3.8) is 0 Å². The van der Waals surface area contributed by atoms with Gasteiger partial charge in [0.1, 0.15) is 11.8 Å². The van der Waals surface area contributed by atoms with E-state index < -0.39 is 17.9 Å². The van der Waals surface area contributed by atoms with Gasteiger partial charge < -0.3 is 15.4 Å². The van der Waals surface area contributed by atoms with Crippen molar-refractivity contribution in [1.82, 2.24) is 4.90 Å². The van der Waals surface area contributed by atoms with Crippen molar-refractivity contribution in [2.75, 3.05) is 6.54 Å². The van der Waals surface area contributed by atoms with Gasteiger partial charge in [0.05, 0.1) is 6.54 Å². The SMILES string of the molecule is CC(C)(C)OC(=O)N1C[C@@H](F)CC1[C@@H]1C[C@H]1N. The molecule has 0 radical (unpaired) electrons. The molecule has 4 atom stereocenters. The molecule has 4 nitrogen and oxygen atoms in total. The molecule has 5 heteroatoms. The standard InChI is InChI=1S/C12H21FN2O2/c1-12(2,3)17-11(16)15-6-7(13)4-10(15)8-5-9(8)14/h7-10H,4-6,14H2,1-3H3/t7-,8+,9+,10?/m0/s1. The smallest absolute Gasteiger partial charge is 0.410 e. The molecular formula is C12H21FN2O2. The molecule has 0 aromatic carbocycles. The fourth-order valence-electron chi connectivity index (χ4n) is 2.43. The quantitative estimate of drug-likeness (QED) is 0.763. The minimum absolute atomic E-state index is 0.0742. The first-order chi connectivity index (χ1) is 7.78. The number of nitrogens with two attached hydrogens (primary N) is 1. The predicted octanol–water partition coefficient (Wildman–Crippen LogP) is 1.68. The van der Waals surface area contributed by atoms with E-state index in [0.29, 0.717) is 6.42 Å². The third-order valence-electron chi connectivity index (χ3n) is 3.31. The van der Waals surface area contributed by atoms with Crippen LogP contribution in [0.1, 0.15) is 33.6 Å². The number of ether oxygens (including phenoxy) is 1. The van der Waals surface area contributed by atoms with Gasteiger partial charge in [-0.15, -0.1) is 0 Å². The third-order valence-corrected chi connectivity index (χ3v) is 3.31. The van der Waals surface area contributed by atoms with Crippen LogP contribution in [-0.4, -0.2) is 41.4 Å². The van der Waals surface area contributed by atoms with Gasteiger partial charge in [0.25, 0.3) is 0 Å². The van der Waals surface area contributed by atoms with Crippen LogP contribution >= 0.6 is 0 Å². The molecule has 17 heavy (non-hydrogen) atoms. The first-order valence-electron chi connectivity index (χ1n) is 6.17. The molecule has 98 valence electrons. The average Bonchev–Trinajstić information content (AvgIpc) is 2.72. The Morgan fingerprint density at radius 3 is 2.47 bits per heavy atom. The molecule has 1 saturated carbocycles. The lowest BCUT2D eigenvalue weighted by molar-refractivity contribution is 0.0201. The fourth-order valence-corrected chi connectivity index (χ4v) is 2.43. The van der Waals surface area contributed by atoms with Crippen molar-refractivity contribution in [3.05, 3.63) is 0 Å². The van der Waals surface area contributed by atoms with Crippen molar-refractivity contribution in [1.29, 1.82) is 0 Å². The zero-order valence-corrected chi connectivity index (χ0v) is 10.6. The van der Waals surface area contributed by atoms with Gasteiger partial charge in [-0.3, -0.25) is 0 Å². The Balaban J connectivity index is 2.00. The van der Waals surface area contributed by atoms with Crippen LogP contribution in [-0.2, 0) is 4.74 Å². The lowest BCUT2D eigenvalue weighted by atomic mass is 10.1. The van der Waals surface area contributed by atoms with E-state index in [1.807, 2.05) is 20.8 Å². The summed E-state index contributed by atoms with van der Waals surface area (Å²) in [5.74, 6) is 0.253. The van der Waals surface area contributed by atoms with E-state index in [2.05, 4.69) is 0 Å². The molecule has 0 aromatic rings. The van der Waals surface area contributed by atoms with Crippen LogP contribution in [0.25, 0.3) is 0 Å². The number of alkyl halides is 1. The first kappa shape index (κ1) is 12.6. The van der Waals surface area contributed by atoms with E-state index >= 15 is 0 Å². The lowest BCUT2D eigenvalue weighted by Gasteiger charge is -2.28. The molecule has 2 aliphatic rings. The topological polar surface area (TPSA) is 55.6 Å². The number of hydrogen-bond acceptors (Lipinski definition) is 3. The largest absolute Gasteiger partial charge is 0.444 e. The summed E-state index contributed by atoms with van der Waals surface area (Å²) in [6.45, 7) is 5.58. The van der Waals surface area contributed by atoms with Crippen LogP contribution in [0.5, 0.6) is 0 Å². The summed E-state index contributed by atoms with van der Waals surface area (Å²) in [6, 6.07) is 0.0464. The van der Waals surface area contributed by atoms with Crippen LogP contribution < -0.4 is 5.73 Å². The molecule has 2 rings (SSSR count). The molecule has 1 saturated heterocycles. The number of halogens is 1. The zero-order chi connectivity index (χ0) is 12.8. The van der Waals surface area contributed by atoms with Crippen molar-refractivity contribution < 1.29 is 13.9 Å². The molecule has 1 amide bonds. The molecule has 1 aliphatic heterocycles. The molecule has 0 bridgehead atoms. The normalized spacial score (nSPS) is 37.1. The van der Waals surface area contributed by atoms with Crippen LogP contribution in [0.3, 0.4) is 0 Å². The fraction of sp³-hybridized carbons (Fsp3) is 0.917. The predicted molar refractivity (Wildman–Crippen MR) is 62.3 cm³/mol. The van der Waals surface area contributed by atoms with E-state index in [0.717, 1.165) is 6.42 Å². The van der Waals surface area contributed by atoms with Gasteiger partial charge in [0.15, 0.2) is 0 Å². The molecule has 0 spiro atoms. The monoisotopic (exact) mass is 244 g/mol. The Morgan fingerprint density at radius 2 is 2.00 bits per heavy atom. The van der Waals surface area contributed by atoms with Gasteiger partial charge in [-0.2, -0.15) is 0 Å². The highest BCUT2D eigenvalue weighted by Gasteiger charge is 2.49. The zero-order valence-electron chi connectivity index (χ0n) is 10.6. The summed E-state index contributed by atoms with van der Waals surface area (Å²) < 4.78 is 18.7. The summed E-state index contributed by atoms with van der Waals surface area (Å²) in [6.07, 6.45) is -0.0732. The van der Waals surface area contributed by atoms with Crippen molar-refractivity contribution in [2.24, 2.45) is 11.7 Å². The maximum atomic E-state index is 13.4. The summed E-state index contributed by atoms with van der Waals surface area (Å²) in [5.41, 5.74) is 5.24. The first-order valence-corrected chi connectivity index (χ1v) is 6.17. The van der Waals surface area contributed by atoms with Crippen LogP contribution in [0.4, 0.5) is 9.18 Å². The van der Waals surface area contributed by atoms with E-state index in [9.17, 15) is 9.18 Å². The van der Waals surface area contributed by atoms with E-state index in [-0.39, 0.29) is 24.5 Å². The van der Waals surface area contributed by atoms with E-state index in [4.69, 9.17) is 10.5 Å². The molecule has 2 N–H and O–H groups in total. The summed E-state index contributed by atoms with van der Waals surface area (Å²) in [4.78, 5) is 13.5. The third kappa shape index (κ3) is 2.89. The van der Waals surface area contributed by atoms with Crippen molar-refractivity contribution >= 4 is 6.09 Å². The number of carbonyl (C=O) groups is 1. The van der Waals surface area contributed by atoms with Gasteiger partial charge in [-0.1, -0.05) is 0 Å². The number of carbonyl (C=O) groups excluding carboxylic acids is 1. The lowest BCUT2D eigenvalue weighted by Crippen LogP contribution is -2.41. The van der Waals surface area contributed by atoms with Crippen LogP contribution in [0.2, 0.25) is 0 Å². The molecule has 1 aliphatic carbocycles. The molecule has 1 unspecified atom stereocenters. The van der Waals surface area contributed by atoms with Crippen molar-refractivity contribution in [2.45, 2.75) is 57.5 Å². The van der Waals surface area contributed by atoms with Crippen LogP contribution in [0, 0.1) is 5.92 Å². The number of rotatable bonds is 1. The molecular weight excluding hydrogens is 223 g/mol. The Kier molecular flexibility index (Phi) is 3.06. The molecule has 2 fully saturated rings. The Hall–Kier alpha value is -0.840. The minimum atomic E-state index is -0.944. The highest BCUT2D eigenvalue weighted by molar-refractivity contribution is 5.69. The molecule has 1 heterocycles. The maximum absolute atomic E-state index is 13.4. The number of hydrogen-bond donors (Lipinski definition) is 1. The number of likely N-dealkylation sites (tertiary alicyclic amines) is 1. The highest BCUT2D eigenvalue weighted by atomic mass is 19.1. The second-order valence-corrected chi connectivity index (χ2v) is 6.10. The summed E-state index contributed by atoms with van der Waals surface area (Å²) >= 11 is 0. The Bertz CT molecular complexity index is 316. The number of amides is 1. The van der Waals surface area contributed by atoms with Gasteiger partial charge in [-0.25, -0.2) is 9.18 Å². The van der Waals surface area contributed by atoms with Gasteiger partial charge in [0, 0.05) is 18.5 Å². The Morgan fingerprint density at radius 1 is 1.41 bits per heavy atom. The van der Waals surface area contributed by atoms with Gasteiger partial charge >= 0.3 is 6.09 Å². The summed E-state index contributed by atoms with van der Waals surface area (Å²) in [7, 11) is 0. The second kappa shape index (κ2) is 4.12. The average molecular weight is 244 g/mol. The van der Waals surface area contributed by atoms with Gasteiger partial charge in [0.2, 0.25) is 0 Å². The molecule has 0 aromatic heterocycles. The summed E-state index contributed by atoms with van der Waals surface area (Å²) in [5, 5.41) is 0. The minimum Gasteiger partial charge on any atom is -0.444 e. The van der Waals surface area contributed by atoms with E-state index in [1.54, 1.807) is 0 Å². The Labute approximate surface area is 101 Å². The van der Waals surface area contributed by atoms with E-state index in [1.165, 1.54) is 4.90 Å². The highest BCUT2D eigenvalue weighted by Crippen LogP contribution is 2.40. The van der Waals surface area contributed by atoms with Crippen LogP contribution in [0.15, 0.2) is 0 Å². The number of nitrogens with zero attached hydrogens (tertiary/aromatic N) is 1. The van der Waals surface area contributed by atoms with Crippen molar-refractivity contribution in [3.8, 4) is 0 Å². The van der Waals surface area contributed by atoms with Gasteiger partial charge in [-0.05, 0) is 33.1 Å².